The van der Waals surface area contributed by atoms with Gasteiger partial charge in [0.1, 0.15) is 0 Å². The number of anilines is 1. The molecule has 0 amide bonds. The zero-order valence-electron chi connectivity index (χ0n) is 10.9. The average molecular weight is 249 g/mol. The molecular formula is C14H19NO3. The molecule has 0 aromatic heterocycles. The van der Waals surface area contributed by atoms with Gasteiger partial charge in [0.05, 0.1) is 24.5 Å². The van der Waals surface area contributed by atoms with Gasteiger partial charge in [-0.2, -0.15) is 0 Å². The van der Waals surface area contributed by atoms with E-state index in [9.17, 15) is 4.79 Å². The lowest BCUT2D eigenvalue weighted by Crippen LogP contribution is -2.37. The van der Waals surface area contributed by atoms with E-state index in [-0.39, 0.29) is 5.97 Å². The fourth-order valence-electron chi connectivity index (χ4n) is 2.36. The van der Waals surface area contributed by atoms with Gasteiger partial charge >= 0.3 is 5.97 Å². The zero-order chi connectivity index (χ0) is 13.0. The molecule has 0 spiro atoms. The van der Waals surface area contributed by atoms with E-state index in [2.05, 4.69) is 4.90 Å². The summed E-state index contributed by atoms with van der Waals surface area (Å²) in [5.41, 5.74) is 1.59. The molecule has 0 aliphatic carbocycles. The monoisotopic (exact) mass is 249 g/mol. The summed E-state index contributed by atoms with van der Waals surface area (Å²) in [6, 6.07) is 7.59. The van der Waals surface area contributed by atoms with Gasteiger partial charge in [-0.25, -0.2) is 4.79 Å². The Morgan fingerprint density at radius 3 is 2.50 bits per heavy atom. The molecule has 4 heteroatoms. The van der Waals surface area contributed by atoms with Crippen molar-refractivity contribution in [2.45, 2.75) is 18.9 Å². The molecule has 0 atom stereocenters. The highest BCUT2D eigenvalue weighted by molar-refractivity contribution is 5.95. The molecule has 1 aliphatic rings. The highest BCUT2D eigenvalue weighted by atomic mass is 16.5. The maximum atomic E-state index is 11.7. The Bertz CT molecular complexity index is 411. The molecule has 0 unspecified atom stereocenters. The Morgan fingerprint density at radius 1 is 1.22 bits per heavy atom. The van der Waals surface area contributed by atoms with Crippen LogP contribution in [0.5, 0.6) is 0 Å². The van der Waals surface area contributed by atoms with Gasteiger partial charge in [-0.3, -0.25) is 0 Å². The van der Waals surface area contributed by atoms with Crippen molar-refractivity contribution in [2.24, 2.45) is 0 Å². The van der Waals surface area contributed by atoms with Crippen molar-refractivity contribution in [1.82, 2.24) is 0 Å². The van der Waals surface area contributed by atoms with E-state index in [1.165, 1.54) is 7.11 Å². The molecule has 0 radical (unpaired) electrons. The van der Waals surface area contributed by atoms with E-state index in [1.54, 1.807) is 7.11 Å². The lowest BCUT2D eigenvalue weighted by molar-refractivity contribution is 0.0600. The Balaban J connectivity index is 2.16. The maximum Gasteiger partial charge on any atom is 0.339 e. The van der Waals surface area contributed by atoms with Crippen molar-refractivity contribution in [3.63, 3.8) is 0 Å². The topological polar surface area (TPSA) is 38.8 Å². The second kappa shape index (κ2) is 5.87. The number of rotatable bonds is 3. The van der Waals surface area contributed by atoms with Gasteiger partial charge in [0.15, 0.2) is 0 Å². The van der Waals surface area contributed by atoms with Crippen LogP contribution in [-0.4, -0.2) is 39.4 Å². The first-order valence-electron chi connectivity index (χ1n) is 6.21. The summed E-state index contributed by atoms with van der Waals surface area (Å²) in [5.74, 6) is -0.278. The fraction of sp³-hybridized carbons (Fsp3) is 0.500. The smallest absolute Gasteiger partial charge is 0.339 e. The highest BCUT2D eigenvalue weighted by Gasteiger charge is 2.22. The van der Waals surface area contributed by atoms with Crippen LogP contribution in [0.15, 0.2) is 24.3 Å². The number of para-hydroxylation sites is 1. The minimum atomic E-state index is -0.278. The van der Waals surface area contributed by atoms with Crippen LogP contribution in [0.3, 0.4) is 0 Å². The van der Waals surface area contributed by atoms with Crippen LogP contribution in [0.1, 0.15) is 23.2 Å². The summed E-state index contributed by atoms with van der Waals surface area (Å²) in [4.78, 5) is 13.9. The molecule has 0 N–H and O–H groups in total. The third kappa shape index (κ3) is 2.64. The number of hydrogen-bond donors (Lipinski definition) is 0. The van der Waals surface area contributed by atoms with Crippen LogP contribution in [0.4, 0.5) is 5.69 Å². The third-order valence-electron chi connectivity index (χ3n) is 3.43. The van der Waals surface area contributed by atoms with Crippen molar-refractivity contribution < 1.29 is 14.3 Å². The number of piperidine rings is 1. The largest absolute Gasteiger partial charge is 0.465 e. The first kappa shape index (κ1) is 12.9. The predicted octanol–water partition coefficient (Wildman–Crippen LogP) is 2.09. The fourth-order valence-corrected chi connectivity index (χ4v) is 2.36. The molecule has 1 aromatic rings. The van der Waals surface area contributed by atoms with E-state index in [1.807, 2.05) is 24.3 Å². The number of carbonyl (C=O) groups excluding carboxylic acids is 1. The van der Waals surface area contributed by atoms with E-state index in [4.69, 9.17) is 9.47 Å². The summed E-state index contributed by atoms with van der Waals surface area (Å²) in [6.07, 6.45) is 2.32. The van der Waals surface area contributed by atoms with Gasteiger partial charge in [0.2, 0.25) is 0 Å². The molecular weight excluding hydrogens is 230 g/mol. The Labute approximate surface area is 107 Å². The quantitative estimate of drug-likeness (QED) is 0.769. The van der Waals surface area contributed by atoms with Crippen molar-refractivity contribution in [3.05, 3.63) is 29.8 Å². The van der Waals surface area contributed by atoms with Crippen molar-refractivity contribution in [1.29, 1.82) is 0 Å². The van der Waals surface area contributed by atoms with Crippen molar-refractivity contribution >= 4 is 11.7 Å². The molecule has 1 fully saturated rings. The lowest BCUT2D eigenvalue weighted by atomic mass is 10.0. The molecule has 4 nitrogen and oxygen atoms in total. The number of carbonyl (C=O) groups is 1. The first-order valence-corrected chi connectivity index (χ1v) is 6.21. The lowest BCUT2D eigenvalue weighted by Gasteiger charge is -2.33. The van der Waals surface area contributed by atoms with Gasteiger partial charge < -0.3 is 14.4 Å². The molecule has 98 valence electrons. The second-order valence-electron chi connectivity index (χ2n) is 4.43. The number of hydrogen-bond acceptors (Lipinski definition) is 4. The standard InChI is InChI=1S/C14H19NO3/c1-17-11-7-9-15(10-8-11)13-6-4-3-5-12(13)14(16)18-2/h3-6,11H,7-10H2,1-2H3. The Morgan fingerprint density at radius 2 is 1.89 bits per heavy atom. The number of nitrogens with zero attached hydrogens (tertiary/aromatic N) is 1. The number of ether oxygens (including phenoxy) is 2. The summed E-state index contributed by atoms with van der Waals surface area (Å²) in [6.45, 7) is 1.82. The van der Waals surface area contributed by atoms with Crippen LogP contribution < -0.4 is 4.90 Å². The Hall–Kier alpha value is -1.55. The average Bonchev–Trinajstić information content (AvgIpc) is 2.46. The molecule has 1 aromatic carbocycles. The third-order valence-corrected chi connectivity index (χ3v) is 3.43. The van der Waals surface area contributed by atoms with Gasteiger partial charge in [0.25, 0.3) is 0 Å². The van der Waals surface area contributed by atoms with Crippen molar-refractivity contribution in [2.75, 3.05) is 32.2 Å². The number of benzene rings is 1. The van der Waals surface area contributed by atoms with E-state index >= 15 is 0 Å². The van der Waals surface area contributed by atoms with Crippen LogP contribution in [-0.2, 0) is 9.47 Å². The first-order chi connectivity index (χ1) is 8.76. The van der Waals surface area contributed by atoms with Gasteiger partial charge in [-0.1, -0.05) is 12.1 Å². The summed E-state index contributed by atoms with van der Waals surface area (Å²) in [5, 5.41) is 0. The van der Waals surface area contributed by atoms with Crippen molar-refractivity contribution in [3.8, 4) is 0 Å². The Kier molecular flexibility index (Phi) is 4.20. The van der Waals surface area contributed by atoms with E-state index in [0.29, 0.717) is 11.7 Å². The molecule has 1 heterocycles. The van der Waals surface area contributed by atoms with Crippen LogP contribution in [0, 0.1) is 0 Å². The minimum Gasteiger partial charge on any atom is -0.465 e. The predicted molar refractivity (Wildman–Crippen MR) is 70.0 cm³/mol. The van der Waals surface area contributed by atoms with Crippen LogP contribution >= 0.6 is 0 Å². The normalized spacial score (nSPS) is 16.7. The SMILES string of the molecule is COC(=O)c1ccccc1N1CCC(OC)CC1. The number of methoxy groups -OCH3 is 2. The van der Waals surface area contributed by atoms with Gasteiger partial charge in [-0.15, -0.1) is 0 Å². The molecule has 1 saturated heterocycles. The summed E-state index contributed by atoms with van der Waals surface area (Å²) >= 11 is 0. The highest BCUT2D eigenvalue weighted by Crippen LogP contribution is 2.25. The number of esters is 1. The molecule has 2 rings (SSSR count). The zero-order valence-corrected chi connectivity index (χ0v) is 10.9. The second-order valence-corrected chi connectivity index (χ2v) is 4.43. The molecule has 0 bridgehead atoms. The molecule has 18 heavy (non-hydrogen) atoms. The van der Waals surface area contributed by atoms with E-state index < -0.39 is 0 Å². The van der Waals surface area contributed by atoms with Crippen LogP contribution in [0.2, 0.25) is 0 Å². The van der Waals surface area contributed by atoms with Gasteiger partial charge in [0, 0.05) is 20.2 Å². The van der Waals surface area contributed by atoms with Crippen LogP contribution in [0.25, 0.3) is 0 Å². The summed E-state index contributed by atoms with van der Waals surface area (Å²) in [7, 11) is 3.17. The maximum absolute atomic E-state index is 11.7. The molecule has 0 saturated carbocycles. The molecule has 1 aliphatic heterocycles. The van der Waals surface area contributed by atoms with Gasteiger partial charge in [-0.05, 0) is 25.0 Å². The van der Waals surface area contributed by atoms with E-state index in [0.717, 1.165) is 31.6 Å². The minimum absolute atomic E-state index is 0.278. The summed E-state index contributed by atoms with van der Waals surface area (Å²) < 4.78 is 10.2.